The number of ether oxygens (including phenoxy) is 2. The molecule has 0 radical (unpaired) electrons. The summed E-state index contributed by atoms with van der Waals surface area (Å²) >= 11 is 0. The zero-order chi connectivity index (χ0) is 14.0. The van der Waals surface area contributed by atoms with Crippen LogP contribution in [0.4, 0.5) is 0 Å². The molecular weight excluding hydrogens is 240 g/mol. The molecule has 1 atom stereocenters. The van der Waals surface area contributed by atoms with Crippen LogP contribution in [0.1, 0.15) is 17.2 Å². The molecular formula is C15H24N2O2. The fraction of sp³-hybridized carbons (Fsp3) is 0.600. The molecule has 2 N–H and O–H groups in total. The highest BCUT2D eigenvalue weighted by molar-refractivity contribution is 5.40. The molecule has 1 aromatic rings. The summed E-state index contributed by atoms with van der Waals surface area (Å²) in [6.45, 7) is 4.14. The van der Waals surface area contributed by atoms with E-state index in [0.717, 1.165) is 5.75 Å². The molecule has 1 fully saturated rings. The lowest BCUT2D eigenvalue weighted by molar-refractivity contribution is -0.145. The predicted molar refractivity (Wildman–Crippen MR) is 76.5 cm³/mol. The van der Waals surface area contributed by atoms with Crippen molar-refractivity contribution in [3.63, 3.8) is 0 Å². The SMILES string of the molecule is COc1ccc(C)cc1C(N(C)C)C1(CN)COC1. The molecule has 2 rings (SSSR count). The normalized spacial score (nSPS) is 19.1. The Bertz CT molecular complexity index is 436. The van der Waals surface area contributed by atoms with Crippen LogP contribution in [0.15, 0.2) is 18.2 Å². The molecule has 0 aromatic heterocycles. The monoisotopic (exact) mass is 264 g/mol. The van der Waals surface area contributed by atoms with Crippen molar-refractivity contribution >= 4 is 0 Å². The van der Waals surface area contributed by atoms with E-state index in [1.807, 2.05) is 6.07 Å². The van der Waals surface area contributed by atoms with Gasteiger partial charge in [0.25, 0.3) is 0 Å². The topological polar surface area (TPSA) is 47.7 Å². The average molecular weight is 264 g/mol. The molecule has 0 saturated carbocycles. The molecule has 0 aliphatic carbocycles. The first-order chi connectivity index (χ1) is 9.04. The summed E-state index contributed by atoms with van der Waals surface area (Å²) < 4.78 is 11.0. The van der Waals surface area contributed by atoms with Crippen molar-refractivity contribution in [2.24, 2.45) is 11.1 Å². The Morgan fingerprint density at radius 2 is 2.11 bits per heavy atom. The number of hydrogen-bond acceptors (Lipinski definition) is 4. The van der Waals surface area contributed by atoms with Crippen LogP contribution in [-0.4, -0.2) is 45.9 Å². The molecule has 19 heavy (non-hydrogen) atoms. The van der Waals surface area contributed by atoms with Crippen LogP contribution in [0.5, 0.6) is 5.75 Å². The van der Waals surface area contributed by atoms with Gasteiger partial charge >= 0.3 is 0 Å². The Morgan fingerprint density at radius 3 is 2.53 bits per heavy atom. The van der Waals surface area contributed by atoms with E-state index in [1.165, 1.54) is 11.1 Å². The van der Waals surface area contributed by atoms with Crippen molar-refractivity contribution in [2.45, 2.75) is 13.0 Å². The summed E-state index contributed by atoms with van der Waals surface area (Å²) in [5.41, 5.74) is 8.44. The Kier molecular flexibility index (Phi) is 4.13. The van der Waals surface area contributed by atoms with Crippen molar-refractivity contribution in [3.8, 4) is 5.75 Å². The van der Waals surface area contributed by atoms with Crippen LogP contribution in [-0.2, 0) is 4.74 Å². The van der Waals surface area contributed by atoms with Gasteiger partial charge in [-0.25, -0.2) is 0 Å². The number of benzene rings is 1. The van der Waals surface area contributed by atoms with E-state index in [9.17, 15) is 0 Å². The highest BCUT2D eigenvalue weighted by Crippen LogP contribution is 2.45. The second-order valence-electron chi connectivity index (χ2n) is 5.67. The lowest BCUT2D eigenvalue weighted by Crippen LogP contribution is -2.55. The number of nitrogens with zero attached hydrogens (tertiary/aromatic N) is 1. The fourth-order valence-electron chi connectivity index (χ4n) is 2.97. The van der Waals surface area contributed by atoms with Gasteiger partial charge in [-0.15, -0.1) is 0 Å². The van der Waals surface area contributed by atoms with Crippen molar-refractivity contribution in [3.05, 3.63) is 29.3 Å². The van der Waals surface area contributed by atoms with Crippen LogP contribution in [0.2, 0.25) is 0 Å². The molecule has 106 valence electrons. The summed E-state index contributed by atoms with van der Waals surface area (Å²) in [6, 6.07) is 6.51. The third-order valence-corrected chi connectivity index (χ3v) is 3.96. The molecule has 0 amide bonds. The van der Waals surface area contributed by atoms with Crippen LogP contribution in [0.25, 0.3) is 0 Å². The van der Waals surface area contributed by atoms with E-state index in [2.05, 4.69) is 38.1 Å². The zero-order valence-electron chi connectivity index (χ0n) is 12.3. The zero-order valence-corrected chi connectivity index (χ0v) is 12.3. The molecule has 1 heterocycles. The highest BCUT2D eigenvalue weighted by Gasteiger charge is 2.47. The third-order valence-electron chi connectivity index (χ3n) is 3.96. The second-order valence-corrected chi connectivity index (χ2v) is 5.67. The Labute approximate surface area is 115 Å². The smallest absolute Gasteiger partial charge is 0.123 e. The molecule has 4 heteroatoms. The Morgan fingerprint density at radius 1 is 1.42 bits per heavy atom. The van der Waals surface area contributed by atoms with Gasteiger partial charge in [-0.3, -0.25) is 0 Å². The van der Waals surface area contributed by atoms with Gasteiger partial charge in [-0.2, -0.15) is 0 Å². The second kappa shape index (κ2) is 5.49. The molecule has 1 aliphatic rings. The standard InChI is InChI=1S/C15H24N2O2/c1-11-5-6-13(18-4)12(7-11)14(17(2)3)15(8-16)9-19-10-15/h5-7,14H,8-10,16H2,1-4H3. The summed E-state index contributed by atoms with van der Waals surface area (Å²) in [4.78, 5) is 2.21. The van der Waals surface area contributed by atoms with Crippen LogP contribution in [0, 0.1) is 12.3 Å². The predicted octanol–water partition coefficient (Wildman–Crippen LogP) is 1.58. The average Bonchev–Trinajstić information content (AvgIpc) is 2.33. The third kappa shape index (κ3) is 2.48. The van der Waals surface area contributed by atoms with Gasteiger partial charge in [-0.1, -0.05) is 17.7 Å². The number of rotatable bonds is 5. The minimum absolute atomic E-state index is 0.00935. The maximum Gasteiger partial charge on any atom is 0.123 e. The van der Waals surface area contributed by atoms with E-state index in [-0.39, 0.29) is 11.5 Å². The van der Waals surface area contributed by atoms with E-state index in [0.29, 0.717) is 19.8 Å². The summed E-state index contributed by atoms with van der Waals surface area (Å²) in [7, 11) is 5.89. The van der Waals surface area contributed by atoms with Gasteiger partial charge in [-0.05, 0) is 27.1 Å². The maximum atomic E-state index is 6.03. The lowest BCUT2D eigenvalue weighted by Gasteiger charge is -2.49. The molecule has 1 aliphatic heterocycles. The minimum Gasteiger partial charge on any atom is -0.496 e. The molecule has 1 aromatic carbocycles. The van der Waals surface area contributed by atoms with Gasteiger partial charge in [0.2, 0.25) is 0 Å². The minimum atomic E-state index is -0.00935. The number of methoxy groups -OCH3 is 1. The van der Waals surface area contributed by atoms with Crippen molar-refractivity contribution in [2.75, 3.05) is 41.0 Å². The lowest BCUT2D eigenvalue weighted by atomic mass is 9.74. The molecule has 0 bridgehead atoms. The van der Waals surface area contributed by atoms with Crippen molar-refractivity contribution in [1.82, 2.24) is 4.90 Å². The van der Waals surface area contributed by atoms with Crippen LogP contribution >= 0.6 is 0 Å². The quantitative estimate of drug-likeness (QED) is 0.877. The first kappa shape index (κ1) is 14.3. The van der Waals surface area contributed by atoms with Gasteiger partial charge in [0.05, 0.1) is 20.3 Å². The van der Waals surface area contributed by atoms with Crippen LogP contribution < -0.4 is 10.5 Å². The molecule has 1 saturated heterocycles. The first-order valence-corrected chi connectivity index (χ1v) is 6.63. The number of nitrogens with two attached hydrogens (primary N) is 1. The molecule has 0 spiro atoms. The van der Waals surface area contributed by atoms with Crippen LogP contribution in [0.3, 0.4) is 0 Å². The van der Waals surface area contributed by atoms with Gasteiger partial charge < -0.3 is 20.1 Å². The first-order valence-electron chi connectivity index (χ1n) is 6.63. The summed E-state index contributed by atoms with van der Waals surface area (Å²) in [5, 5.41) is 0. The van der Waals surface area contributed by atoms with E-state index >= 15 is 0 Å². The number of hydrogen-bond donors (Lipinski definition) is 1. The largest absolute Gasteiger partial charge is 0.496 e. The van der Waals surface area contributed by atoms with Crippen molar-refractivity contribution < 1.29 is 9.47 Å². The van der Waals surface area contributed by atoms with Gasteiger partial charge in [0.1, 0.15) is 5.75 Å². The van der Waals surface area contributed by atoms with Crippen molar-refractivity contribution in [1.29, 1.82) is 0 Å². The summed E-state index contributed by atoms with van der Waals surface area (Å²) in [6.07, 6.45) is 0. The van der Waals surface area contributed by atoms with E-state index in [1.54, 1.807) is 7.11 Å². The van der Waals surface area contributed by atoms with Gasteiger partial charge in [0.15, 0.2) is 0 Å². The highest BCUT2D eigenvalue weighted by atomic mass is 16.5. The number of aryl methyl sites for hydroxylation is 1. The Hall–Kier alpha value is -1.10. The molecule has 1 unspecified atom stereocenters. The Balaban J connectivity index is 2.47. The van der Waals surface area contributed by atoms with E-state index in [4.69, 9.17) is 15.2 Å². The fourth-order valence-corrected chi connectivity index (χ4v) is 2.97. The summed E-state index contributed by atoms with van der Waals surface area (Å²) in [5.74, 6) is 0.920. The van der Waals surface area contributed by atoms with Gasteiger partial charge in [0, 0.05) is 23.6 Å². The molecule has 4 nitrogen and oxygen atoms in total. The van der Waals surface area contributed by atoms with E-state index < -0.39 is 0 Å². The maximum absolute atomic E-state index is 6.03.